The fraction of sp³-hybridized carbons (Fsp3) is 0.409. The molecule has 152 valence electrons. The number of anilines is 1. The van der Waals surface area contributed by atoms with Gasteiger partial charge >= 0.3 is 0 Å². The third kappa shape index (κ3) is 3.08. The second-order valence-corrected chi connectivity index (χ2v) is 8.29. The van der Waals surface area contributed by atoms with Crippen LogP contribution in [0, 0.1) is 22.9 Å². The minimum atomic E-state index is -0.618. The highest BCUT2D eigenvalue weighted by Crippen LogP contribution is 2.47. The van der Waals surface area contributed by atoms with E-state index >= 15 is 0 Å². The van der Waals surface area contributed by atoms with Gasteiger partial charge in [0, 0.05) is 37.9 Å². The third-order valence-electron chi connectivity index (χ3n) is 6.59. The number of fused-ring (bicyclic) bond motifs is 1. The highest BCUT2D eigenvalue weighted by molar-refractivity contribution is 5.85. The Balaban J connectivity index is 1.34. The molecule has 3 fully saturated rings. The van der Waals surface area contributed by atoms with Crippen LogP contribution in [0.5, 0.6) is 0 Å². The predicted molar refractivity (Wildman–Crippen MR) is 102 cm³/mol. The quantitative estimate of drug-likeness (QED) is 0.764. The molecule has 0 unspecified atom stereocenters. The summed E-state index contributed by atoms with van der Waals surface area (Å²) in [6.45, 7) is 2.80. The first-order chi connectivity index (χ1) is 13.9. The second kappa shape index (κ2) is 6.76. The number of piperidine rings is 1. The molecule has 1 spiro atoms. The topological polar surface area (TPSA) is 26.8 Å². The number of rotatable bonds is 2. The highest BCUT2D eigenvalue weighted by Gasteiger charge is 2.56. The van der Waals surface area contributed by atoms with E-state index in [0.29, 0.717) is 37.9 Å². The molecule has 7 heteroatoms. The zero-order chi connectivity index (χ0) is 20.2. The van der Waals surface area contributed by atoms with Gasteiger partial charge in [-0.05, 0) is 61.2 Å². The SMILES string of the molecule is O=C1N2[C@H](c3cc(F)cc(F)c3)CCN2CC12CCN(c1ccc(F)cc1)CC2. The van der Waals surface area contributed by atoms with Crippen molar-refractivity contribution < 1.29 is 18.0 Å². The highest BCUT2D eigenvalue weighted by atomic mass is 19.1. The molecule has 5 rings (SSSR count). The molecule has 4 nitrogen and oxygen atoms in total. The summed E-state index contributed by atoms with van der Waals surface area (Å²) in [7, 11) is 0. The summed E-state index contributed by atoms with van der Waals surface area (Å²) < 4.78 is 40.6. The fourth-order valence-electron chi connectivity index (χ4n) is 5.08. The summed E-state index contributed by atoms with van der Waals surface area (Å²) in [6, 6.07) is 9.62. The number of halogens is 3. The standard InChI is InChI=1S/C22H22F3N3O/c23-16-1-3-19(4-2-16)26-9-6-22(7-10-26)14-27-8-5-20(28(27)21(22)29)15-11-17(24)13-18(25)12-15/h1-4,11-13,20H,5-10,14H2/t20-/m0/s1. The van der Waals surface area contributed by atoms with Crippen LogP contribution in [-0.2, 0) is 4.79 Å². The molecule has 3 aliphatic rings. The fourth-order valence-corrected chi connectivity index (χ4v) is 5.08. The zero-order valence-electron chi connectivity index (χ0n) is 16.0. The van der Waals surface area contributed by atoms with Gasteiger partial charge in [-0.2, -0.15) is 0 Å². The Morgan fingerprint density at radius 3 is 2.17 bits per heavy atom. The number of carbonyl (C=O) groups excluding carboxylic acids is 1. The van der Waals surface area contributed by atoms with Crippen molar-refractivity contribution in [1.82, 2.24) is 10.0 Å². The Labute approximate surface area is 167 Å². The van der Waals surface area contributed by atoms with Gasteiger partial charge in [-0.1, -0.05) is 0 Å². The van der Waals surface area contributed by atoms with Crippen LogP contribution in [0.2, 0.25) is 0 Å². The van der Waals surface area contributed by atoms with E-state index < -0.39 is 17.0 Å². The normalized spacial score (nSPS) is 23.8. The summed E-state index contributed by atoms with van der Waals surface area (Å²) in [5.74, 6) is -1.44. The van der Waals surface area contributed by atoms with Crippen LogP contribution >= 0.6 is 0 Å². The summed E-state index contributed by atoms with van der Waals surface area (Å²) in [5, 5.41) is 3.78. The lowest BCUT2D eigenvalue weighted by Crippen LogP contribution is -2.46. The lowest BCUT2D eigenvalue weighted by Gasteiger charge is -2.39. The molecule has 3 heterocycles. The predicted octanol–water partition coefficient (Wildman–Crippen LogP) is 3.89. The molecule has 0 radical (unpaired) electrons. The van der Waals surface area contributed by atoms with Crippen molar-refractivity contribution in [2.75, 3.05) is 31.1 Å². The number of nitrogens with zero attached hydrogens (tertiary/aromatic N) is 3. The van der Waals surface area contributed by atoms with Crippen molar-refractivity contribution in [2.24, 2.45) is 5.41 Å². The van der Waals surface area contributed by atoms with Gasteiger partial charge < -0.3 is 4.90 Å². The van der Waals surface area contributed by atoms with E-state index in [1.807, 2.05) is 5.01 Å². The summed E-state index contributed by atoms with van der Waals surface area (Å²) in [4.78, 5) is 15.6. The van der Waals surface area contributed by atoms with Gasteiger partial charge in [0.2, 0.25) is 5.91 Å². The molecule has 0 aliphatic carbocycles. The minimum Gasteiger partial charge on any atom is -0.371 e. The maximum Gasteiger partial charge on any atom is 0.245 e. The van der Waals surface area contributed by atoms with Crippen molar-refractivity contribution in [3.63, 3.8) is 0 Å². The number of benzene rings is 2. The van der Waals surface area contributed by atoms with Crippen LogP contribution in [-0.4, -0.2) is 42.1 Å². The van der Waals surface area contributed by atoms with Crippen molar-refractivity contribution in [3.05, 3.63) is 65.5 Å². The summed E-state index contributed by atoms with van der Waals surface area (Å²) in [5.41, 5.74) is 1.01. The molecule has 2 aromatic rings. The van der Waals surface area contributed by atoms with E-state index in [9.17, 15) is 18.0 Å². The number of amides is 1. The number of hydrogen-bond donors (Lipinski definition) is 0. The lowest BCUT2D eigenvalue weighted by atomic mass is 9.77. The molecule has 1 atom stereocenters. The van der Waals surface area contributed by atoms with Crippen molar-refractivity contribution in [2.45, 2.75) is 25.3 Å². The van der Waals surface area contributed by atoms with Crippen LogP contribution in [0.4, 0.5) is 18.9 Å². The Morgan fingerprint density at radius 2 is 1.52 bits per heavy atom. The van der Waals surface area contributed by atoms with Crippen LogP contribution in [0.1, 0.15) is 30.9 Å². The third-order valence-corrected chi connectivity index (χ3v) is 6.59. The van der Waals surface area contributed by atoms with Gasteiger partial charge in [0.05, 0.1) is 11.5 Å². The first-order valence-electron chi connectivity index (χ1n) is 10.0. The molecule has 2 aromatic carbocycles. The minimum absolute atomic E-state index is 0.0587. The van der Waals surface area contributed by atoms with E-state index in [-0.39, 0.29) is 17.8 Å². The largest absolute Gasteiger partial charge is 0.371 e. The molecule has 0 aromatic heterocycles. The average molecular weight is 401 g/mol. The van der Waals surface area contributed by atoms with Crippen LogP contribution in [0.15, 0.2) is 42.5 Å². The zero-order valence-corrected chi connectivity index (χ0v) is 16.0. The maximum atomic E-state index is 13.7. The molecule has 1 amide bonds. The molecular weight excluding hydrogens is 379 g/mol. The van der Waals surface area contributed by atoms with Crippen molar-refractivity contribution >= 4 is 11.6 Å². The van der Waals surface area contributed by atoms with E-state index in [2.05, 4.69) is 4.90 Å². The summed E-state index contributed by atoms with van der Waals surface area (Å²) >= 11 is 0. The average Bonchev–Trinajstić information content (AvgIpc) is 3.21. The monoisotopic (exact) mass is 401 g/mol. The number of hydrogen-bond acceptors (Lipinski definition) is 3. The van der Waals surface area contributed by atoms with Crippen LogP contribution < -0.4 is 4.90 Å². The maximum absolute atomic E-state index is 13.7. The second-order valence-electron chi connectivity index (χ2n) is 8.29. The molecule has 0 bridgehead atoms. The molecule has 3 saturated heterocycles. The van der Waals surface area contributed by atoms with E-state index in [0.717, 1.165) is 24.8 Å². The van der Waals surface area contributed by atoms with E-state index in [4.69, 9.17) is 0 Å². The van der Waals surface area contributed by atoms with Gasteiger partial charge in [0.25, 0.3) is 0 Å². The van der Waals surface area contributed by atoms with Gasteiger partial charge in [-0.3, -0.25) is 9.80 Å². The van der Waals surface area contributed by atoms with Gasteiger partial charge in [-0.15, -0.1) is 0 Å². The number of carbonyl (C=O) groups is 1. The number of hydrazine groups is 1. The van der Waals surface area contributed by atoms with Crippen LogP contribution in [0.25, 0.3) is 0 Å². The molecule has 0 saturated carbocycles. The smallest absolute Gasteiger partial charge is 0.245 e. The Hall–Kier alpha value is -2.54. The lowest BCUT2D eigenvalue weighted by molar-refractivity contribution is -0.143. The van der Waals surface area contributed by atoms with Gasteiger partial charge in [-0.25, -0.2) is 18.2 Å². The molecule has 29 heavy (non-hydrogen) atoms. The van der Waals surface area contributed by atoms with Crippen molar-refractivity contribution in [1.29, 1.82) is 0 Å². The van der Waals surface area contributed by atoms with E-state index in [1.165, 1.54) is 24.3 Å². The van der Waals surface area contributed by atoms with Crippen molar-refractivity contribution in [3.8, 4) is 0 Å². The first kappa shape index (κ1) is 18.5. The molecule has 3 aliphatic heterocycles. The van der Waals surface area contributed by atoms with Crippen LogP contribution in [0.3, 0.4) is 0 Å². The Kier molecular flexibility index (Phi) is 4.31. The molecular formula is C22H22F3N3O. The summed E-state index contributed by atoms with van der Waals surface area (Å²) in [6.07, 6.45) is 2.09. The van der Waals surface area contributed by atoms with E-state index in [1.54, 1.807) is 17.1 Å². The van der Waals surface area contributed by atoms with Gasteiger partial charge in [0.15, 0.2) is 0 Å². The first-order valence-corrected chi connectivity index (χ1v) is 10.0. The van der Waals surface area contributed by atoms with Gasteiger partial charge in [0.1, 0.15) is 17.5 Å². The Bertz CT molecular complexity index is 921. The Morgan fingerprint density at radius 1 is 0.862 bits per heavy atom. The molecule has 0 N–H and O–H groups in total.